The number of ether oxygens (including phenoxy) is 5. The fourth-order valence-corrected chi connectivity index (χ4v) is 8.65. The highest BCUT2D eigenvalue weighted by Crippen LogP contribution is 2.49. The summed E-state index contributed by atoms with van der Waals surface area (Å²) in [6, 6.07) is 23.0. The molecule has 0 saturated heterocycles. The molecule has 6 rings (SSSR count). The molecule has 6 aromatic carbocycles. The van der Waals surface area contributed by atoms with E-state index in [1.54, 1.807) is 26.0 Å². The summed E-state index contributed by atoms with van der Waals surface area (Å²) >= 11 is 14.5. The molecule has 0 radical (unpaired) electrons. The van der Waals surface area contributed by atoms with Gasteiger partial charge in [0.25, 0.3) is 0 Å². The maximum absolute atomic E-state index is 12.5. The van der Waals surface area contributed by atoms with Gasteiger partial charge in [0.15, 0.2) is 11.5 Å². The first-order chi connectivity index (χ1) is 30.2. The van der Waals surface area contributed by atoms with Crippen LogP contribution in [0.2, 0.25) is 10.0 Å². The summed E-state index contributed by atoms with van der Waals surface area (Å²) in [6.45, 7) is 21.5. The Morgan fingerprint density at radius 2 is 0.714 bits per heavy atom. The Bertz CT molecular complexity index is 2630. The van der Waals surface area contributed by atoms with Crippen LogP contribution in [0, 0.1) is 0 Å². The molecule has 4 unspecified atom stereocenters. The molecule has 0 aliphatic heterocycles. The topological polar surface area (TPSA) is 114 Å². The smallest absolute Gasteiger partial charge is 0.330 e. The second-order valence-electron chi connectivity index (χ2n) is 15.3. The largest absolute Gasteiger partial charge is 0.459 e. The SMILES string of the molecule is C=CC(=O)OC(C)Cc1c2ccccc2c(CC(C)OC(=O)C=C)c2c(Oc3c(Cl)ccc4c(CC(C)OC(=O)C=C)c5ccccc5c(CC(C)OC(=O)C=C)c34)c(Cl)ccc12. The van der Waals surface area contributed by atoms with Crippen LogP contribution < -0.4 is 4.74 Å². The number of halogens is 2. The molecule has 324 valence electrons. The monoisotopic (exact) mass is 886 g/mol. The number of hydrogen-bond acceptors (Lipinski definition) is 9. The van der Waals surface area contributed by atoms with Gasteiger partial charge in [-0.2, -0.15) is 0 Å². The lowest BCUT2D eigenvalue weighted by Crippen LogP contribution is -2.18. The predicted octanol–water partition coefficient (Wildman–Crippen LogP) is 12.0. The van der Waals surface area contributed by atoms with Crippen molar-refractivity contribution in [2.24, 2.45) is 0 Å². The first-order valence-electron chi connectivity index (χ1n) is 20.5. The molecule has 0 aliphatic carbocycles. The van der Waals surface area contributed by atoms with Crippen molar-refractivity contribution < 1.29 is 42.9 Å². The van der Waals surface area contributed by atoms with Crippen LogP contribution in [0.25, 0.3) is 43.1 Å². The van der Waals surface area contributed by atoms with Crippen LogP contribution in [0.3, 0.4) is 0 Å². The number of rotatable bonds is 18. The molecule has 0 N–H and O–H groups in total. The fourth-order valence-electron chi connectivity index (χ4n) is 8.26. The van der Waals surface area contributed by atoms with Gasteiger partial charge in [-0.05, 0) is 94.4 Å². The molecule has 0 spiro atoms. The van der Waals surface area contributed by atoms with Gasteiger partial charge in [0.1, 0.15) is 24.4 Å². The molecule has 0 bridgehead atoms. The van der Waals surface area contributed by atoms with E-state index in [1.807, 2.05) is 74.5 Å². The van der Waals surface area contributed by atoms with Crippen LogP contribution in [0.4, 0.5) is 0 Å². The average Bonchev–Trinajstić information content (AvgIpc) is 3.26. The van der Waals surface area contributed by atoms with Gasteiger partial charge in [0.05, 0.1) is 10.0 Å². The van der Waals surface area contributed by atoms with Crippen LogP contribution in [-0.4, -0.2) is 48.3 Å². The van der Waals surface area contributed by atoms with Gasteiger partial charge in [-0.15, -0.1) is 0 Å². The third kappa shape index (κ3) is 10.1. The second-order valence-corrected chi connectivity index (χ2v) is 16.1. The standard InChI is InChI=1S/C52H48Cl2O9/c1-9-45(55)59-29(5)25-39-33-17-13-15-19-35(33)41(27-31(7)61-47(57)11-3)49-37(39)21-23-43(53)51(49)63-52-44(54)24-22-38-40(26-30(6)60-46(56)10-2)34-18-14-16-20-36(34)42(50(38)52)28-32(8)62-48(58)12-4/h9-24,29-32H,1-4,25-28H2,5-8H3. The molecule has 11 heteroatoms. The molecular weight excluding hydrogens is 839 g/mol. The molecule has 6 aromatic rings. The van der Waals surface area contributed by atoms with E-state index in [2.05, 4.69) is 26.3 Å². The highest BCUT2D eigenvalue weighted by atomic mass is 35.5. The molecular formula is C52H48Cl2O9. The lowest BCUT2D eigenvalue weighted by atomic mass is 9.86. The van der Waals surface area contributed by atoms with Crippen molar-refractivity contribution in [2.45, 2.75) is 77.8 Å². The lowest BCUT2D eigenvalue weighted by molar-refractivity contribution is -0.143. The molecule has 0 saturated carbocycles. The van der Waals surface area contributed by atoms with Gasteiger partial charge in [-0.1, -0.05) is 110 Å². The van der Waals surface area contributed by atoms with Crippen molar-refractivity contribution in [1.29, 1.82) is 0 Å². The minimum Gasteiger partial charge on any atom is -0.459 e. The summed E-state index contributed by atoms with van der Waals surface area (Å²) in [6.07, 6.45) is 3.34. The first-order valence-corrected chi connectivity index (χ1v) is 21.2. The Labute approximate surface area is 376 Å². The van der Waals surface area contributed by atoms with E-state index in [4.69, 9.17) is 46.9 Å². The van der Waals surface area contributed by atoms with E-state index in [9.17, 15) is 19.2 Å². The quantitative estimate of drug-likeness (QED) is 0.0360. The van der Waals surface area contributed by atoms with Crippen molar-refractivity contribution >= 4 is 90.2 Å². The minimum atomic E-state index is -0.606. The number of hydrogen-bond donors (Lipinski definition) is 0. The van der Waals surface area contributed by atoms with Gasteiger partial charge in [-0.3, -0.25) is 0 Å². The van der Waals surface area contributed by atoms with E-state index in [0.717, 1.165) is 78.9 Å². The normalized spacial score (nSPS) is 13.1. The molecule has 0 aliphatic rings. The van der Waals surface area contributed by atoms with E-state index in [0.29, 0.717) is 23.6 Å². The highest BCUT2D eigenvalue weighted by Gasteiger charge is 2.27. The Kier molecular flexibility index (Phi) is 14.8. The fraction of sp³-hybridized carbons (Fsp3) is 0.231. The number of fused-ring (bicyclic) bond motifs is 4. The van der Waals surface area contributed by atoms with E-state index >= 15 is 0 Å². The van der Waals surface area contributed by atoms with Crippen molar-refractivity contribution in [2.75, 3.05) is 0 Å². The molecule has 0 heterocycles. The third-order valence-electron chi connectivity index (χ3n) is 10.7. The zero-order chi connectivity index (χ0) is 45.5. The van der Waals surface area contributed by atoms with Crippen molar-refractivity contribution in [3.63, 3.8) is 0 Å². The summed E-state index contributed by atoms with van der Waals surface area (Å²) in [5.41, 5.74) is 3.30. The zero-order valence-corrected chi connectivity index (χ0v) is 37.1. The molecule has 0 aromatic heterocycles. The second kappa shape index (κ2) is 20.2. The van der Waals surface area contributed by atoms with Crippen LogP contribution >= 0.6 is 23.2 Å². The van der Waals surface area contributed by atoms with Crippen molar-refractivity contribution in [3.05, 3.63) is 156 Å². The molecule has 63 heavy (non-hydrogen) atoms. The van der Waals surface area contributed by atoms with E-state index in [-0.39, 0.29) is 34.4 Å². The summed E-state index contributed by atoms with van der Waals surface area (Å²) in [5, 5.41) is 6.80. The van der Waals surface area contributed by atoms with Gasteiger partial charge >= 0.3 is 23.9 Å². The van der Waals surface area contributed by atoms with Gasteiger partial charge in [0, 0.05) is 60.8 Å². The molecule has 0 amide bonds. The maximum atomic E-state index is 12.5. The Balaban J connectivity index is 1.70. The van der Waals surface area contributed by atoms with Crippen LogP contribution in [0.1, 0.15) is 49.9 Å². The summed E-state index contributed by atoms with van der Waals surface area (Å²) < 4.78 is 30.0. The van der Waals surface area contributed by atoms with Gasteiger partial charge in [0.2, 0.25) is 0 Å². The number of carbonyl (C=O) groups excluding carboxylic acids is 4. The van der Waals surface area contributed by atoms with E-state index in [1.165, 1.54) is 0 Å². The number of carbonyl (C=O) groups is 4. The van der Waals surface area contributed by atoms with Gasteiger partial charge < -0.3 is 23.7 Å². The third-order valence-corrected chi connectivity index (χ3v) is 11.3. The zero-order valence-electron chi connectivity index (χ0n) is 35.6. The summed E-state index contributed by atoms with van der Waals surface area (Å²) in [5.74, 6) is -1.67. The lowest BCUT2D eigenvalue weighted by Gasteiger charge is -2.25. The Hall–Kier alpha value is -6.42. The van der Waals surface area contributed by atoms with Gasteiger partial charge in [-0.25, -0.2) is 19.2 Å². The van der Waals surface area contributed by atoms with Crippen LogP contribution in [0.15, 0.2) is 123 Å². The van der Waals surface area contributed by atoms with Crippen molar-refractivity contribution in [1.82, 2.24) is 0 Å². The molecule has 0 fully saturated rings. The Morgan fingerprint density at radius 1 is 0.444 bits per heavy atom. The molecule has 4 atom stereocenters. The van der Waals surface area contributed by atoms with E-state index < -0.39 is 48.3 Å². The molecule has 9 nitrogen and oxygen atoms in total. The predicted molar refractivity (Wildman–Crippen MR) is 251 cm³/mol. The van der Waals surface area contributed by atoms with Crippen LogP contribution in [-0.2, 0) is 63.8 Å². The average molecular weight is 888 g/mol. The summed E-state index contributed by atoms with van der Waals surface area (Å²) in [7, 11) is 0. The number of benzene rings is 6. The summed E-state index contributed by atoms with van der Waals surface area (Å²) in [4.78, 5) is 49.7. The van der Waals surface area contributed by atoms with Crippen molar-refractivity contribution in [3.8, 4) is 11.5 Å². The van der Waals surface area contributed by atoms with Crippen LogP contribution in [0.5, 0.6) is 11.5 Å². The highest BCUT2D eigenvalue weighted by molar-refractivity contribution is 6.35. The number of esters is 4. The first kappa shape index (κ1) is 46.1. The minimum absolute atomic E-state index is 0.255. The maximum Gasteiger partial charge on any atom is 0.330 e. The Morgan fingerprint density at radius 3 is 1.00 bits per heavy atom.